The van der Waals surface area contributed by atoms with E-state index in [-0.39, 0.29) is 7.53 Å². The van der Waals surface area contributed by atoms with Gasteiger partial charge in [-0.3, -0.25) is 0 Å². The van der Waals surface area contributed by atoms with Crippen molar-refractivity contribution in [1.29, 1.82) is 0 Å². The first-order valence-corrected chi connectivity index (χ1v) is 4.95. The highest BCUT2D eigenvalue weighted by Gasteiger charge is 2.21. The summed E-state index contributed by atoms with van der Waals surface area (Å²) >= 11 is 0. The Kier molecular flexibility index (Phi) is 2.49. The monoisotopic (exact) mass is 213 g/mol. The van der Waals surface area contributed by atoms with Crippen LogP contribution >= 0.6 is 0 Å². The molecule has 0 fully saturated rings. The van der Waals surface area contributed by atoms with Crippen molar-refractivity contribution < 1.29 is 11.0 Å². The van der Waals surface area contributed by atoms with Crippen LogP contribution in [0.1, 0.15) is 18.7 Å². The lowest BCUT2D eigenvalue weighted by Crippen LogP contribution is -2.19. The normalized spacial score (nSPS) is 16.9. The van der Waals surface area contributed by atoms with Gasteiger partial charge in [-0.05, 0) is 22.1 Å². The fourth-order valence-electron chi connectivity index (χ4n) is 1.81. The molecule has 1 aliphatic carbocycles. The molecule has 0 saturated heterocycles. The van der Waals surface area contributed by atoms with E-state index in [0.717, 1.165) is 27.6 Å². The molecule has 0 heterocycles. The smallest absolute Gasteiger partial charge is 0.450 e. The van der Waals surface area contributed by atoms with Crippen molar-refractivity contribution in [3.63, 3.8) is 0 Å². The molecule has 2 heteroatoms. The Bertz CT molecular complexity index is 587. The molecule has 1 aliphatic rings. The Balaban J connectivity index is 0.00000144. The highest BCUT2D eigenvalue weighted by Crippen LogP contribution is 2.26. The number of fused-ring (bicyclic) bond motifs is 1. The maximum Gasteiger partial charge on any atom is 1.00 e. The van der Waals surface area contributed by atoms with Crippen molar-refractivity contribution in [2.75, 3.05) is 0 Å². The molecule has 0 spiro atoms. The lowest BCUT2D eigenvalue weighted by atomic mass is 10.0. The summed E-state index contributed by atoms with van der Waals surface area (Å²) in [6, 6.07) is 3.78. The van der Waals surface area contributed by atoms with E-state index < -0.39 is 5.97 Å². The number of carbonyl (C=O) groups is 1. The molecule has 0 N–H and O–H groups in total. The fraction of sp³-hybridized carbons (Fsp3) is 0.0714. The highest BCUT2D eigenvalue weighted by molar-refractivity contribution is 5.82. The lowest BCUT2D eigenvalue weighted by Gasteiger charge is -2.11. The third kappa shape index (κ3) is 1.58. The van der Waals surface area contributed by atoms with Crippen LogP contribution in [0.2, 0.25) is 0 Å². The predicted molar refractivity (Wildman–Crippen MR) is 65.9 cm³/mol. The third-order valence-electron chi connectivity index (χ3n) is 2.60. The Labute approximate surface area is 95.3 Å². The van der Waals surface area contributed by atoms with Gasteiger partial charge in [0.25, 0.3) is 0 Å². The second kappa shape index (κ2) is 3.81. The Morgan fingerprint density at radius 1 is 1.38 bits per heavy atom. The Hall–Kier alpha value is -2.09. The van der Waals surface area contributed by atoms with Crippen molar-refractivity contribution >= 4 is 25.2 Å². The van der Waals surface area contributed by atoms with Crippen LogP contribution in [0.25, 0.3) is 19.2 Å². The van der Waals surface area contributed by atoms with Crippen molar-refractivity contribution in [3.8, 4) is 0 Å². The van der Waals surface area contributed by atoms with Crippen LogP contribution in [-0.2, 0) is 9.53 Å². The average Bonchev–Trinajstić information content (AvgIpc) is 2.68. The molecule has 16 heavy (non-hydrogen) atoms. The minimum atomic E-state index is -0.434. The van der Waals surface area contributed by atoms with Crippen molar-refractivity contribution in [1.82, 2.24) is 0 Å². The summed E-state index contributed by atoms with van der Waals surface area (Å²) < 4.78 is 5.21. The first-order valence-electron chi connectivity index (χ1n) is 4.95. The number of hydrogen-bond donors (Lipinski definition) is 0. The van der Waals surface area contributed by atoms with Crippen molar-refractivity contribution in [2.24, 2.45) is 0 Å². The van der Waals surface area contributed by atoms with Gasteiger partial charge in [-0.25, -0.2) is 4.79 Å². The summed E-state index contributed by atoms with van der Waals surface area (Å²) in [5, 5.41) is 1.77. The molecule has 0 aromatic heterocycles. The van der Waals surface area contributed by atoms with Crippen LogP contribution in [0.15, 0.2) is 30.9 Å². The van der Waals surface area contributed by atoms with Gasteiger partial charge in [0.15, 0.2) is 0 Å². The molecule has 0 saturated carbocycles. The van der Waals surface area contributed by atoms with Gasteiger partial charge < -0.3 is 4.74 Å². The van der Waals surface area contributed by atoms with Crippen LogP contribution in [0.3, 0.4) is 0 Å². The summed E-state index contributed by atoms with van der Waals surface area (Å²) in [7, 11) is 0. The van der Waals surface area contributed by atoms with E-state index >= 15 is 0 Å². The maximum atomic E-state index is 11.2. The fourth-order valence-corrected chi connectivity index (χ4v) is 1.81. The number of esters is 1. The number of rotatable bonds is 2. The van der Waals surface area contributed by atoms with E-state index in [2.05, 4.69) is 19.7 Å². The first-order chi connectivity index (χ1) is 7.63. The van der Waals surface area contributed by atoms with Gasteiger partial charge in [-0.2, -0.15) is 0 Å². The van der Waals surface area contributed by atoms with Crippen LogP contribution in [0.4, 0.5) is 0 Å². The average molecular weight is 213 g/mol. The molecule has 1 aromatic rings. The first kappa shape index (κ1) is 10.4. The predicted octanol–water partition coefficient (Wildman–Crippen LogP) is 1.42. The largest absolute Gasteiger partial charge is 1.00 e. The van der Waals surface area contributed by atoms with E-state index in [0.29, 0.717) is 0 Å². The quantitative estimate of drug-likeness (QED) is 0.548. The molecule has 1 unspecified atom stereocenters. The second-order valence-corrected chi connectivity index (χ2v) is 3.63. The summed E-state index contributed by atoms with van der Waals surface area (Å²) in [5.41, 5.74) is 1.91. The molecule has 0 bridgehead atoms. The van der Waals surface area contributed by atoms with E-state index in [1.807, 2.05) is 24.3 Å². The minimum Gasteiger partial charge on any atom is -0.450 e. The van der Waals surface area contributed by atoms with Crippen LogP contribution in [-0.4, -0.2) is 5.97 Å². The number of ether oxygens (including phenoxy) is 1. The Morgan fingerprint density at radius 2 is 2.06 bits per heavy atom. The van der Waals surface area contributed by atoms with Crippen molar-refractivity contribution in [3.05, 3.63) is 52.4 Å². The molecule has 2 rings (SSSR count). The number of benzene rings is 1. The molecule has 1 atom stereocenters. The number of hydrogen-bond acceptors (Lipinski definition) is 2. The molecule has 0 amide bonds. The molecule has 2 nitrogen and oxygen atoms in total. The summed E-state index contributed by atoms with van der Waals surface area (Å²) in [6.45, 7) is 11.2. The van der Waals surface area contributed by atoms with Gasteiger partial charge in [0, 0.05) is 11.6 Å². The standard InChI is InChI=1S/C14H12O2/c1-4-13(15)16-12-8-7-11-9(2)5-6-10(3)14(11)12/h4-8,12H,1-3H2/p+1. The molecular weight excluding hydrogens is 200 g/mol. The summed E-state index contributed by atoms with van der Waals surface area (Å²) in [6.07, 6.45) is 4.53. The maximum absolute atomic E-state index is 11.2. The van der Waals surface area contributed by atoms with E-state index in [1.54, 1.807) is 0 Å². The van der Waals surface area contributed by atoms with Gasteiger partial charge in [-0.15, -0.1) is 0 Å². The number of carbonyl (C=O) groups excluding carboxylic acids is 1. The van der Waals surface area contributed by atoms with Crippen molar-refractivity contribution in [2.45, 2.75) is 6.10 Å². The van der Waals surface area contributed by atoms with Gasteiger partial charge in [-0.1, -0.05) is 37.9 Å². The zero-order chi connectivity index (χ0) is 11.7. The Morgan fingerprint density at radius 3 is 2.75 bits per heavy atom. The van der Waals surface area contributed by atoms with E-state index in [4.69, 9.17) is 4.74 Å². The molecule has 1 aromatic carbocycles. The van der Waals surface area contributed by atoms with E-state index in [1.165, 1.54) is 0 Å². The molecule has 80 valence electrons. The van der Waals surface area contributed by atoms with Gasteiger partial charge >= 0.3 is 7.40 Å². The highest BCUT2D eigenvalue weighted by atomic mass is 16.5. The van der Waals surface area contributed by atoms with Crippen LogP contribution in [0.5, 0.6) is 0 Å². The van der Waals surface area contributed by atoms with Gasteiger partial charge in [0.05, 0.1) is 0 Å². The molecular formula is C14H13O2+. The minimum absolute atomic E-state index is 0. The van der Waals surface area contributed by atoms with E-state index in [9.17, 15) is 4.79 Å². The third-order valence-corrected chi connectivity index (χ3v) is 2.60. The molecule has 0 aliphatic heterocycles. The zero-order valence-corrected chi connectivity index (χ0v) is 8.90. The van der Waals surface area contributed by atoms with Crippen LogP contribution < -0.4 is 10.4 Å². The summed E-state index contributed by atoms with van der Waals surface area (Å²) in [5.74, 6) is -0.434. The van der Waals surface area contributed by atoms with Gasteiger partial charge in [0.1, 0.15) is 6.10 Å². The van der Waals surface area contributed by atoms with Gasteiger partial charge in [0.2, 0.25) is 0 Å². The SMILES string of the molecule is C=CC(=O)OC1C=Cc2c1c(=C)ccc2=C.[H+]. The topological polar surface area (TPSA) is 26.3 Å². The van der Waals surface area contributed by atoms with Crippen LogP contribution in [0, 0.1) is 0 Å². The second-order valence-electron chi connectivity index (χ2n) is 3.63. The molecule has 0 radical (unpaired) electrons. The zero-order valence-electron chi connectivity index (χ0n) is 9.90. The lowest BCUT2D eigenvalue weighted by molar-refractivity contribution is -0.141. The summed E-state index contributed by atoms with van der Waals surface area (Å²) in [4.78, 5) is 11.2.